The zero-order valence-electron chi connectivity index (χ0n) is 15.4. The van der Waals surface area contributed by atoms with Gasteiger partial charge >= 0.3 is 35.1 Å². The van der Waals surface area contributed by atoms with Crippen LogP contribution in [0.15, 0.2) is 36.4 Å². The summed E-state index contributed by atoms with van der Waals surface area (Å²) in [5, 5.41) is 41.1. The number of nitro benzene ring substituents is 2. The van der Waals surface area contributed by atoms with Gasteiger partial charge in [0, 0.05) is 12.1 Å². The number of alkyl halides is 8. The van der Waals surface area contributed by atoms with Crippen molar-refractivity contribution in [2.75, 3.05) is 0 Å². The van der Waals surface area contributed by atoms with Crippen molar-refractivity contribution in [3.8, 4) is 11.5 Å². The second kappa shape index (κ2) is 6.64. The highest BCUT2D eigenvalue weighted by atomic mass is 19.4. The summed E-state index contributed by atoms with van der Waals surface area (Å²) >= 11 is 0. The number of hydrogen-bond acceptors (Lipinski definition) is 6. The summed E-state index contributed by atoms with van der Waals surface area (Å²) in [6, 6.07) is -0.0864. The molecule has 0 aliphatic heterocycles. The molecule has 0 unspecified atom stereocenters. The van der Waals surface area contributed by atoms with Gasteiger partial charge < -0.3 is 10.2 Å². The molecule has 1 saturated carbocycles. The van der Waals surface area contributed by atoms with Crippen LogP contribution in [-0.4, -0.2) is 43.7 Å². The number of aromatic hydroxyl groups is 2. The monoisotopic (exact) mass is 488 g/mol. The summed E-state index contributed by atoms with van der Waals surface area (Å²) in [5.74, 6) is -29.0. The van der Waals surface area contributed by atoms with E-state index in [0.29, 0.717) is 0 Å². The number of hydrogen-bond donors (Lipinski definition) is 2. The van der Waals surface area contributed by atoms with Crippen LogP contribution in [0, 0.1) is 20.2 Å². The first-order valence-electron chi connectivity index (χ1n) is 8.36. The number of rotatable bonds is 4. The van der Waals surface area contributed by atoms with E-state index in [2.05, 4.69) is 0 Å². The third kappa shape index (κ3) is 2.56. The molecule has 8 nitrogen and oxygen atoms in total. The summed E-state index contributed by atoms with van der Waals surface area (Å²) in [5.41, 5.74) is -12.0. The fourth-order valence-corrected chi connectivity index (χ4v) is 3.76. The number of phenols is 2. The molecule has 1 aliphatic carbocycles. The molecule has 0 saturated heterocycles. The van der Waals surface area contributed by atoms with Gasteiger partial charge in [-0.2, -0.15) is 35.1 Å². The standard InChI is InChI=1S/C17H8F8N2O6/c18-14(19)13(15(20,21)17(24,25)16(14,22)23,7-1-3-11(28)9(5-7)26(30)31)8-2-4-12(29)10(6-8)27(32)33/h1-6,28-29H. The van der Waals surface area contributed by atoms with Crippen LogP contribution in [0.25, 0.3) is 0 Å². The highest BCUT2D eigenvalue weighted by Gasteiger charge is 2.99. The van der Waals surface area contributed by atoms with Crippen molar-refractivity contribution in [2.45, 2.75) is 29.1 Å². The molecule has 0 amide bonds. The largest absolute Gasteiger partial charge is 0.502 e. The van der Waals surface area contributed by atoms with E-state index in [4.69, 9.17) is 0 Å². The molecule has 3 rings (SSSR count). The second-order valence-corrected chi connectivity index (χ2v) is 6.97. The van der Waals surface area contributed by atoms with Crippen molar-refractivity contribution >= 4 is 11.4 Å². The fourth-order valence-electron chi connectivity index (χ4n) is 3.76. The Kier molecular flexibility index (Phi) is 4.82. The lowest BCUT2D eigenvalue weighted by Gasteiger charge is -2.39. The maximum absolute atomic E-state index is 15.1. The third-order valence-corrected chi connectivity index (χ3v) is 5.34. The minimum absolute atomic E-state index is 0.0420. The van der Waals surface area contributed by atoms with Crippen LogP contribution in [0.1, 0.15) is 11.1 Å². The first-order chi connectivity index (χ1) is 14.9. The first kappa shape index (κ1) is 23.9. The van der Waals surface area contributed by atoms with Crippen LogP contribution in [0.4, 0.5) is 46.5 Å². The lowest BCUT2D eigenvalue weighted by atomic mass is 9.68. The molecule has 0 spiro atoms. The minimum Gasteiger partial charge on any atom is -0.502 e. The van der Waals surface area contributed by atoms with Crippen LogP contribution in [0.2, 0.25) is 0 Å². The maximum atomic E-state index is 15.1. The van der Waals surface area contributed by atoms with E-state index in [9.17, 15) is 48.0 Å². The minimum atomic E-state index is -6.76. The molecule has 0 heterocycles. The van der Waals surface area contributed by atoms with Gasteiger partial charge in [0.25, 0.3) is 0 Å². The van der Waals surface area contributed by atoms with Gasteiger partial charge in [0.15, 0.2) is 16.9 Å². The Morgan fingerprint density at radius 3 is 1.18 bits per heavy atom. The van der Waals surface area contributed by atoms with Gasteiger partial charge in [0.1, 0.15) is 0 Å². The molecular formula is C17H8F8N2O6. The number of nitrogens with zero attached hydrogens (tertiary/aromatic N) is 2. The molecule has 0 radical (unpaired) electrons. The number of halogens is 8. The van der Waals surface area contributed by atoms with Crippen LogP contribution in [0.5, 0.6) is 11.5 Å². The van der Waals surface area contributed by atoms with Gasteiger partial charge in [-0.25, -0.2) is 0 Å². The normalized spacial score (nSPS) is 21.5. The Labute approximate surface area is 176 Å². The molecule has 1 aliphatic rings. The molecule has 2 aromatic rings. The van der Waals surface area contributed by atoms with E-state index in [1.54, 1.807) is 0 Å². The van der Waals surface area contributed by atoms with E-state index < -0.39 is 73.0 Å². The Morgan fingerprint density at radius 1 is 0.606 bits per heavy atom. The van der Waals surface area contributed by atoms with Crippen molar-refractivity contribution in [3.63, 3.8) is 0 Å². The molecular weight excluding hydrogens is 480 g/mol. The smallest absolute Gasteiger partial charge is 0.379 e. The topological polar surface area (TPSA) is 127 Å². The number of phenolic OH excluding ortho intramolecular Hbond substituents is 2. The molecule has 2 aromatic carbocycles. The van der Waals surface area contributed by atoms with E-state index >= 15 is 17.6 Å². The molecule has 178 valence electrons. The molecule has 0 aromatic heterocycles. The van der Waals surface area contributed by atoms with Gasteiger partial charge in [-0.1, -0.05) is 12.1 Å². The van der Waals surface area contributed by atoms with E-state index in [0.717, 1.165) is 0 Å². The van der Waals surface area contributed by atoms with Crippen molar-refractivity contribution in [2.24, 2.45) is 0 Å². The van der Waals surface area contributed by atoms with Crippen molar-refractivity contribution in [1.82, 2.24) is 0 Å². The van der Waals surface area contributed by atoms with Gasteiger partial charge in [0.05, 0.1) is 9.85 Å². The summed E-state index contributed by atoms with van der Waals surface area (Å²) in [6.45, 7) is 0. The summed E-state index contributed by atoms with van der Waals surface area (Å²) in [4.78, 5) is 19.1. The van der Waals surface area contributed by atoms with Gasteiger partial charge in [-0.15, -0.1) is 0 Å². The van der Waals surface area contributed by atoms with Gasteiger partial charge in [-0.3, -0.25) is 20.2 Å². The summed E-state index contributed by atoms with van der Waals surface area (Å²) < 4.78 is 117. The highest BCUT2D eigenvalue weighted by molar-refractivity contribution is 5.60. The lowest BCUT2D eigenvalue weighted by molar-refractivity contribution is -0.386. The zero-order chi connectivity index (χ0) is 25.4. The fraction of sp³-hybridized carbons (Fsp3) is 0.294. The van der Waals surface area contributed by atoms with Gasteiger partial charge in [0.2, 0.25) is 0 Å². The number of benzene rings is 2. The summed E-state index contributed by atoms with van der Waals surface area (Å²) in [7, 11) is 0. The Morgan fingerprint density at radius 2 is 0.909 bits per heavy atom. The van der Waals surface area contributed by atoms with Gasteiger partial charge in [-0.05, 0) is 23.3 Å². The molecule has 0 atom stereocenters. The average Bonchev–Trinajstić information content (AvgIpc) is 2.74. The van der Waals surface area contributed by atoms with E-state index in [1.165, 1.54) is 0 Å². The maximum Gasteiger partial charge on any atom is 0.379 e. The van der Waals surface area contributed by atoms with E-state index in [1.807, 2.05) is 0 Å². The number of nitro groups is 2. The third-order valence-electron chi connectivity index (χ3n) is 5.34. The van der Waals surface area contributed by atoms with E-state index in [-0.39, 0.29) is 36.4 Å². The Hall–Kier alpha value is -3.72. The molecule has 16 heteroatoms. The van der Waals surface area contributed by atoms with Crippen molar-refractivity contribution in [1.29, 1.82) is 0 Å². The predicted molar refractivity (Wildman–Crippen MR) is 90.1 cm³/mol. The van der Waals surface area contributed by atoms with Crippen LogP contribution >= 0.6 is 0 Å². The van der Waals surface area contributed by atoms with Crippen molar-refractivity contribution < 1.29 is 55.2 Å². The Balaban J connectivity index is 2.60. The Bertz CT molecular complexity index is 1090. The second-order valence-electron chi connectivity index (χ2n) is 6.97. The lowest BCUT2D eigenvalue weighted by Crippen LogP contribution is -2.56. The van der Waals surface area contributed by atoms with Crippen LogP contribution < -0.4 is 0 Å². The average molecular weight is 488 g/mol. The highest BCUT2D eigenvalue weighted by Crippen LogP contribution is 2.74. The zero-order valence-corrected chi connectivity index (χ0v) is 15.4. The quantitative estimate of drug-likeness (QED) is 0.363. The first-order valence-corrected chi connectivity index (χ1v) is 8.36. The van der Waals surface area contributed by atoms with Crippen LogP contribution in [0.3, 0.4) is 0 Å². The van der Waals surface area contributed by atoms with Crippen molar-refractivity contribution in [3.05, 3.63) is 67.8 Å². The predicted octanol–water partition coefficient (Wildman–Crippen LogP) is 4.76. The molecule has 33 heavy (non-hydrogen) atoms. The molecule has 0 bridgehead atoms. The molecule has 1 fully saturated rings. The molecule has 2 N–H and O–H groups in total. The summed E-state index contributed by atoms with van der Waals surface area (Å²) in [6.07, 6.45) is 0. The van der Waals surface area contributed by atoms with Crippen LogP contribution in [-0.2, 0) is 5.41 Å². The SMILES string of the molecule is O=[N+]([O-])c1cc(C2(c3ccc(O)c([N+](=O)[O-])c3)C(F)(F)C(F)(F)C(F)(F)C2(F)F)ccc1O.